The zero-order valence-electron chi connectivity index (χ0n) is 9.31. The summed E-state index contributed by atoms with van der Waals surface area (Å²) in [6.07, 6.45) is 0.945. The predicted octanol–water partition coefficient (Wildman–Crippen LogP) is -1.04. The number of unbranched alkanes of at least 4 members (excludes halogenated alkanes) is 1. The second-order valence-corrected chi connectivity index (χ2v) is 3.46. The van der Waals surface area contributed by atoms with E-state index in [1.54, 1.807) is 0 Å². The number of hydrogen-bond donors (Lipinski definition) is 4. The van der Waals surface area contributed by atoms with Crippen LogP contribution in [0.1, 0.15) is 26.2 Å². The zero-order valence-corrected chi connectivity index (χ0v) is 9.31. The summed E-state index contributed by atoms with van der Waals surface area (Å²) in [5, 5.41) is 8.49. The molecule has 7 heteroatoms. The molecule has 0 fully saturated rings. The summed E-state index contributed by atoms with van der Waals surface area (Å²) in [5.74, 6) is -1.68. The number of aliphatic carboxylic acids is 1. The molecule has 1 amide bonds. The van der Waals surface area contributed by atoms with Crippen molar-refractivity contribution < 1.29 is 19.5 Å². The molecule has 0 rings (SSSR count). The summed E-state index contributed by atoms with van der Waals surface area (Å²) in [5.41, 5.74) is 12.8. The summed E-state index contributed by atoms with van der Waals surface area (Å²) in [6, 6.07) is -0.701. The molecular formula is C9H19N3O4. The maximum Gasteiger partial charge on any atom is 0.335 e. The van der Waals surface area contributed by atoms with Crippen LogP contribution in [-0.4, -0.2) is 35.7 Å². The molecule has 6 N–H and O–H groups in total. The summed E-state index contributed by atoms with van der Waals surface area (Å²) >= 11 is 0. The third-order valence-electron chi connectivity index (χ3n) is 1.99. The van der Waals surface area contributed by atoms with Gasteiger partial charge in [0.1, 0.15) is 0 Å². The van der Waals surface area contributed by atoms with E-state index in [2.05, 4.69) is 4.84 Å². The normalized spacial score (nSPS) is 14.2. The van der Waals surface area contributed by atoms with E-state index in [0.29, 0.717) is 13.0 Å². The molecule has 0 aliphatic carbocycles. The van der Waals surface area contributed by atoms with Crippen molar-refractivity contribution in [1.82, 2.24) is 5.48 Å². The largest absolute Gasteiger partial charge is 0.479 e. The summed E-state index contributed by atoms with van der Waals surface area (Å²) < 4.78 is 0. The molecule has 0 aromatic heterocycles. The Bertz CT molecular complexity index is 235. The fraction of sp³-hybridized carbons (Fsp3) is 0.778. The Hall–Kier alpha value is -1.18. The molecule has 0 aromatic rings. The number of carboxylic acids is 1. The molecule has 0 saturated heterocycles. The van der Waals surface area contributed by atoms with Crippen LogP contribution in [0.4, 0.5) is 0 Å². The van der Waals surface area contributed by atoms with Crippen molar-refractivity contribution in [2.75, 3.05) is 6.54 Å². The highest BCUT2D eigenvalue weighted by atomic mass is 16.7. The number of hydrogen-bond acceptors (Lipinski definition) is 5. The number of rotatable bonds is 8. The average Bonchev–Trinajstić information content (AvgIpc) is 2.25. The van der Waals surface area contributed by atoms with E-state index in [1.165, 1.54) is 6.92 Å². The van der Waals surface area contributed by atoms with Gasteiger partial charge in [0.25, 0.3) is 5.91 Å². The number of amides is 1. The number of carboxylic acid groups (broad SMARTS) is 1. The lowest BCUT2D eigenvalue weighted by atomic mass is 10.1. The second kappa shape index (κ2) is 8.03. The standard InChI is InChI=1S/C9H19N3O4/c1-6(9(14)15)16-12-8(13)7(11)4-2-3-5-10/h6-7H,2-5,10-11H2,1H3,(H,12,13)(H,14,15)/t6?,7-/m0/s1. The number of nitrogens with two attached hydrogens (primary N) is 2. The lowest BCUT2D eigenvalue weighted by molar-refractivity contribution is -0.159. The second-order valence-electron chi connectivity index (χ2n) is 3.46. The Morgan fingerprint density at radius 2 is 2.06 bits per heavy atom. The SMILES string of the molecule is CC(ONC(=O)[C@@H](N)CCCCN)C(=O)O. The van der Waals surface area contributed by atoms with E-state index in [4.69, 9.17) is 16.6 Å². The Morgan fingerprint density at radius 1 is 1.44 bits per heavy atom. The third-order valence-corrected chi connectivity index (χ3v) is 1.99. The van der Waals surface area contributed by atoms with Crippen LogP contribution >= 0.6 is 0 Å². The molecule has 0 heterocycles. The molecule has 0 aliphatic heterocycles. The first kappa shape index (κ1) is 14.8. The highest BCUT2D eigenvalue weighted by Gasteiger charge is 2.17. The van der Waals surface area contributed by atoms with E-state index in [9.17, 15) is 9.59 Å². The van der Waals surface area contributed by atoms with Crippen LogP contribution in [0.3, 0.4) is 0 Å². The van der Waals surface area contributed by atoms with Crippen LogP contribution in [0, 0.1) is 0 Å². The minimum atomic E-state index is -1.16. The first-order valence-corrected chi connectivity index (χ1v) is 5.13. The van der Waals surface area contributed by atoms with Crippen molar-refractivity contribution in [3.63, 3.8) is 0 Å². The topological polar surface area (TPSA) is 128 Å². The van der Waals surface area contributed by atoms with E-state index >= 15 is 0 Å². The Morgan fingerprint density at radius 3 is 2.56 bits per heavy atom. The molecule has 0 radical (unpaired) electrons. The van der Waals surface area contributed by atoms with E-state index in [-0.39, 0.29) is 0 Å². The van der Waals surface area contributed by atoms with Gasteiger partial charge in [0.2, 0.25) is 0 Å². The molecule has 0 aromatic carbocycles. The Balaban J connectivity index is 3.74. The minimum absolute atomic E-state index is 0.494. The van der Waals surface area contributed by atoms with Crippen molar-refractivity contribution in [3.8, 4) is 0 Å². The molecule has 0 saturated carbocycles. The van der Waals surface area contributed by atoms with Crippen LogP contribution in [0.5, 0.6) is 0 Å². The van der Waals surface area contributed by atoms with Gasteiger partial charge in [-0.1, -0.05) is 6.42 Å². The van der Waals surface area contributed by atoms with Gasteiger partial charge in [-0.05, 0) is 26.3 Å². The highest BCUT2D eigenvalue weighted by Crippen LogP contribution is 1.98. The van der Waals surface area contributed by atoms with Crippen LogP contribution < -0.4 is 16.9 Å². The van der Waals surface area contributed by atoms with Gasteiger partial charge in [0.05, 0.1) is 6.04 Å². The van der Waals surface area contributed by atoms with Gasteiger partial charge < -0.3 is 16.6 Å². The minimum Gasteiger partial charge on any atom is -0.479 e. The number of nitrogens with one attached hydrogen (secondary N) is 1. The summed E-state index contributed by atoms with van der Waals surface area (Å²) in [4.78, 5) is 26.2. The van der Waals surface area contributed by atoms with E-state index in [0.717, 1.165) is 12.8 Å². The van der Waals surface area contributed by atoms with Gasteiger partial charge in [0, 0.05) is 0 Å². The molecule has 0 aliphatic rings. The zero-order chi connectivity index (χ0) is 12.6. The molecule has 0 bridgehead atoms. The van der Waals surface area contributed by atoms with Crippen molar-refractivity contribution in [2.45, 2.75) is 38.3 Å². The fourth-order valence-corrected chi connectivity index (χ4v) is 0.912. The summed E-state index contributed by atoms with van der Waals surface area (Å²) in [7, 11) is 0. The monoisotopic (exact) mass is 233 g/mol. The van der Waals surface area contributed by atoms with Crippen molar-refractivity contribution >= 4 is 11.9 Å². The first-order valence-electron chi connectivity index (χ1n) is 5.13. The molecule has 2 atom stereocenters. The fourth-order valence-electron chi connectivity index (χ4n) is 0.912. The smallest absolute Gasteiger partial charge is 0.335 e. The Labute approximate surface area is 94.1 Å². The summed E-state index contributed by atoms with van der Waals surface area (Å²) in [6.45, 7) is 1.86. The molecule has 94 valence electrons. The molecule has 16 heavy (non-hydrogen) atoms. The lowest BCUT2D eigenvalue weighted by Gasteiger charge is -2.13. The van der Waals surface area contributed by atoms with Gasteiger partial charge in [-0.25, -0.2) is 10.3 Å². The number of carbonyl (C=O) groups is 2. The molecule has 1 unspecified atom stereocenters. The highest BCUT2D eigenvalue weighted by molar-refractivity contribution is 5.80. The van der Waals surface area contributed by atoms with Crippen LogP contribution in [0.25, 0.3) is 0 Å². The molecular weight excluding hydrogens is 214 g/mol. The van der Waals surface area contributed by atoms with E-state index < -0.39 is 24.0 Å². The van der Waals surface area contributed by atoms with Gasteiger partial charge in [0.15, 0.2) is 6.10 Å². The molecule has 7 nitrogen and oxygen atoms in total. The average molecular weight is 233 g/mol. The van der Waals surface area contributed by atoms with Crippen LogP contribution in [0.15, 0.2) is 0 Å². The van der Waals surface area contributed by atoms with Gasteiger partial charge >= 0.3 is 5.97 Å². The van der Waals surface area contributed by atoms with Gasteiger partial charge in [-0.15, -0.1) is 0 Å². The van der Waals surface area contributed by atoms with Gasteiger partial charge in [-0.3, -0.25) is 9.63 Å². The van der Waals surface area contributed by atoms with E-state index in [1.807, 2.05) is 5.48 Å². The number of carbonyl (C=O) groups excluding carboxylic acids is 1. The number of hydroxylamine groups is 1. The van der Waals surface area contributed by atoms with Crippen LogP contribution in [-0.2, 0) is 14.4 Å². The van der Waals surface area contributed by atoms with Crippen molar-refractivity contribution in [3.05, 3.63) is 0 Å². The first-order chi connectivity index (χ1) is 7.49. The molecule has 0 spiro atoms. The predicted molar refractivity (Wildman–Crippen MR) is 57.2 cm³/mol. The lowest BCUT2D eigenvalue weighted by Crippen LogP contribution is -2.43. The maximum absolute atomic E-state index is 11.3. The maximum atomic E-state index is 11.3. The van der Waals surface area contributed by atoms with Gasteiger partial charge in [-0.2, -0.15) is 0 Å². The van der Waals surface area contributed by atoms with Crippen molar-refractivity contribution in [1.29, 1.82) is 0 Å². The quantitative estimate of drug-likeness (QED) is 0.313. The van der Waals surface area contributed by atoms with Crippen molar-refractivity contribution in [2.24, 2.45) is 11.5 Å². The Kier molecular flexibility index (Phi) is 7.44. The third kappa shape index (κ3) is 6.33. The van der Waals surface area contributed by atoms with Crippen LogP contribution in [0.2, 0.25) is 0 Å².